The molecule has 1 aromatic heterocycles. The van der Waals surface area contributed by atoms with Gasteiger partial charge in [-0.1, -0.05) is 6.07 Å². The van der Waals surface area contributed by atoms with E-state index in [2.05, 4.69) is 4.98 Å². The number of nitrogens with zero attached hydrogens (tertiary/aromatic N) is 1. The third-order valence-corrected chi connectivity index (χ3v) is 4.33. The van der Waals surface area contributed by atoms with Crippen molar-refractivity contribution in [1.29, 1.82) is 0 Å². The van der Waals surface area contributed by atoms with Crippen molar-refractivity contribution in [2.45, 2.75) is 36.2 Å². The molecular weight excluding hydrogens is 285 g/mol. The van der Waals surface area contributed by atoms with Gasteiger partial charge >= 0.3 is 6.18 Å². The number of pyridine rings is 1. The molecule has 9 heteroatoms. The van der Waals surface area contributed by atoms with Gasteiger partial charge in [-0.3, -0.25) is 0 Å². The van der Waals surface area contributed by atoms with Crippen LogP contribution in [0.5, 0.6) is 0 Å². The minimum Gasteiger partial charge on any atom is -0.392 e. The van der Waals surface area contributed by atoms with Crippen LogP contribution in [-0.2, 0) is 16.6 Å². The Hall–Kier alpha value is -1.19. The molecule has 1 heterocycles. The molecule has 0 aliphatic heterocycles. The molecule has 0 spiro atoms. The zero-order chi connectivity index (χ0) is 14.3. The minimum absolute atomic E-state index is 0.273. The van der Waals surface area contributed by atoms with Crippen LogP contribution in [0.4, 0.5) is 13.2 Å². The van der Waals surface area contributed by atoms with Crippen molar-refractivity contribution in [3.8, 4) is 0 Å². The van der Waals surface area contributed by atoms with Crippen molar-refractivity contribution in [3.05, 3.63) is 23.9 Å². The van der Waals surface area contributed by atoms with Gasteiger partial charge in [0.15, 0.2) is 5.03 Å². The summed E-state index contributed by atoms with van der Waals surface area (Å²) in [5.74, 6) is 0. The van der Waals surface area contributed by atoms with Gasteiger partial charge in [-0.2, -0.15) is 17.9 Å². The van der Waals surface area contributed by atoms with Crippen molar-refractivity contribution < 1.29 is 26.7 Å². The topological polar surface area (TPSA) is 79.3 Å². The van der Waals surface area contributed by atoms with Gasteiger partial charge in [0.1, 0.15) is 5.54 Å². The molecule has 0 bridgehead atoms. The number of aromatic nitrogens is 1. The van der Waals surface area contributed by atoms with Gasteiger partial charge in [-0.25, -0.2) is 13.4 Å². The summed E-state index contributed by atoms with van der Waals surface area (Å²) in [6.07, 6.45) is -4.07. The smallest absolute Gasteiger partial charge is 0.392 e. The summed E-state index contributed by atoms with van der Waals surface area (Å²) in [6, 6.07) is 2.34. The van der Waals surface area contributed by atoms with Crippen LogP contribution in [0.25, 0.3) is 0 Å². The first-order valence-electron chi connectivity index (χ1n) is 5.37. The van der Waals surface area contributed by atoms with Crippen molar-refractivity contribution in [2.75, 3.05) is 0 Å². The van der Waals surface area contributed by atoms with E-state index in [1.807, 2.05) is 0 Å². The number of hydrogen-bond donors (Lipinski definition) is 2. The summed E-state index contributed by atoms with van der Waals surface area (Å²) < 4.78 is 63.3. The molecule has 0 amide bonds. The summed E-state index contributed by atoms with van der Waals surface area (Å²) in [6.45, 7) is -0.326. The van der Waals surface area contributed by atoms with Gasteiger partial charge in [-0.15, -0.1) is 0 Å². The fourth-order valence-corrected chi connectivity index (χ4v) is 2.92. The molecule has 1 aliphatic rings. The van der Waals surface area contributed by atoms with Crippen LogP contribution >= 0.6 is 0 Å². The lowest BCUT2D eigenvalue weighted by atomic mass is 10.3. The third-order valence-electron chi connectivity index (χ3n) is 2.88. The van der Waals surface area contributed by atoms with Crippen LogP contribution < -0.4 is 4.72 Å². The molecule has 0 unspecified atom stereocenters. The lowest BCUT2D eigenvalue weighted by molar-refractivity contribution is -0.160. The maximum Gasteiger partial charge on any atom is 0.407 e. The molecule has 1 saturated carbocycles. The molecule has 106 valence electrons. The highest BCUT2D eigenvalue weighted by Crippen LogP contribution is 2.49. The van der Waals surface area contributed by atoms with Crippen molar-refractivity contribution in [1.82, 2.24) is 9.71 Å². The van der Waals surface area contributed by atoms with E-state index in [0.717, 1.165) is 12.3 Å². The molecule has 0 radical (unpaired) electrons. The predicted molar refractivity (Wildman–Crippen MR) is 58.5 cm³/mol. The predicted octanol–water partition coefficient (Wildman–Crippen LogP) is 0.947. The van der Waals surface area contributed by atoms with Crippen LogP contribution in [0.15, 0.2) is 23.4 Å². The molecule has 0 aromatic carbocycles. The number of hydrogen-bond acceptors (Lipinski definition) is 4. The van der Waals surface area contributed by atoms with E-state index in [1.165, 1.54) is 6.07 Å². The molecule has 2 rings (SSSR count). The molecule has 0 saturated heterocycles. The highest BCUT2D eigenvalue weighted by Gasteiger charge is 2.65. The fraction of sp³-hybridized carbons (Fsp3) is 0.500. The molecule has 0 atom stereocenters. The number of sulfonamides is 1. The van der Waals surface area contributed by atoms with Gasteiger partial charge in [0.2, 0.25) is 0 Å². The molecule has 2 N–H and O–H groups in total. The van der Waals surface area contributed by atoms with Gasteiger partial charge in [0.25, 0.3) is 10.0 Å². The maximum atomic E-state index is 12.7. The Bertz CT molecular complexity index is 565. The van der Waals surface area contributed by atoms with Crippen LogP contribution in [0.3, 0.4) is 0 Å². The Labute approximate surface area is 107 Å². The fourth-order valence-electron chi connectivity index (χ4n) is 1.54. The maximum absolute atomic E-state index is 12.7. The normalized spacial score (nSPS) is 18.3. The molecule has 5 nitrogen and oxygen atoms in total. The highest BCUT2D eigenvalue weighted by molar-refractivity contribution is 7.89. The summed E-state index contributed by atoms with van der Waals surface area (Å²) in [5, 5.41) is 8.28. The second-order valence-electron chi connectivity index (χ2n) is 4.35. The number of nitrogens with one attached hydrogen (secondary N) is 1. The summed E-state index contributed by atoms with van der Waals surface area (Å²) >= 11 is 0. The zero-order valence-corrected chi connectivity index (χ0v) is 10.4. The average Bonchev–Trinajstić information content (AvgIpc) is 3.09. The second kappa shape index (κ2) is 4.43. The third kappa shape index (κ3) is 2.72. The average molecular weight is 296 g/mol. The Morgan fingerprint density at radius 1 is 1.37 bits per heavy atom. The van der Waals surface area contributed by atoms with Gasteiger partial charge < -0.3 is 5.11 Å². The van der Waals surface area contributed by atoms with Gasteiger partial charge in [0.05, 0.1) is 6.61 Å². The van der Waals surface area contributed by atoms with E-state index < -0.39 is 26.8 Å². The molecular formula is C10H11F3N2O3S. The van der Waals surface area contributed by atoms with E-state index in [1.54, 1.807) is 4.72 Å². The molecule has 1 aromatic rings. The van der Waals surface area contributed by atoms with Crippen LogP contribution in [0.1, 0.15) is 18.4 Å². The summed E-state index contributed by atoms with van der Waals surface area (Å²) in [4.78, 5) is 3.54. The zero-order valence-electron chi connectivity index (χ0n) is 9.61. The molecule has 1 fully saturated rings. The largest absolute Gasteiger partial charge is 0.407 e. The number of aliphatic hydroxyl groups is 1. The minimum atomic E-state index is -4.62. The molecule has 1 aliphatic carbocycles. The standard InChI is InChI=1S/C10H11F3N2O3S/c11-10(12,13)9(3-4-9)15-19(17,18)8-2-1-7(6-16)5-14-8/h1-2,5,15-16H,3-4,6H2. The second-order valence-corrected chi connectivity index (χ2v) is 5.98. The lowest BCUT2D eigenvalue weighted by Crippen LogP contribution is -2.47. The quantitative estimate of drug-likeness (QED) is 0.867. The van der Waals surface area contributed by atoms with Crippen LogP contribution in [-0.4, -0.2) is 30.2 Å². The van der Waals surface area contributed by atoms with Gasteiger partial charge in [-0.05, 0) is 24.5 Å². The lowest BCUT2D eigenvalue weighted by Gasteiger charge is -2.20. The Balaban J connectivity index is 2.23. The number of rotatable bonds is 4. The summed E-state index contributed by atoms with van der Waals surface area (Å²) in [5.41, 5.74) is -1.99. The Morgan fingerprint density at radius 3 is 2.37 bits per heavy atom. The Morgan fingerprint density at radius 2 is 2.00 bits per heavy atom. The number of aliphatic hydroxyl groups excluding tert-OH is 1. The first-order valence-corrected chi connectivity index (χ1v) is 6.85. The van der Waals surface area contributed by atoms with Crippen LogP contribution in [0, 0.1) is 0 Å². The SMILES string of the molecule is O=S(=O)(NC1(C(F)(F)F)CC1)c1ccc(CO)cn1. The van der Waals surface area contributed by atoms with E-state index in [-0.39, 0.29) is 19.4 Å². The first-order chi connectivity index (χ1) is 8.70. The van der Waals surface area contributed by atoms with Crippen LogP contribution in [0.2, 0.25) is 0 Å². The summed E-state index contributed by atoms with van der Waals surface area (Å²) in [7, 11) is -4.33. The van der Waals surface area contributed by atoms with Crippen molar-refractivity contribution in [3.63, 3.8) is 0 Å². The van der Waals surface area contributed by atoms with Crippen molar-refractivity contribution >= 4 is 10.0 Å². The van der Waals surface area contributed by atoms with E-state index in [9.17, 15) is 21.6 Å². The molecule has 19 heavy (non-hydrogen) atoms. The highest BCUT2D eigenvalue weighted by atomic mass is 32.2. The Kier molecular flexibility index (Phi) is 3.31. The van der Waals surface area contributed by atoms with Gasteiger partial charge in [0, 0.05) is 6.20 Å². The monoisotopic (exact) mass is 296 g/mol. The number of alkyl halides is 3. The van der Waals surface area contributed by atoms with E-state index >= 15 is 0 Å². The van der Waals surface area contributed by atoms with E-state index in [0.29, 0.717) is 5.56 Å². The first kappa shape index (κ1) is 14.2. The van der Waals surface area contributed by atoms with Crippen molar-refractivity contribution in [2.24, 2.45) is 0 Å². The number of halogens is 3. The van der Waals surface area contributed by atoms with E-state index in [4.69, 9.17) is 5.11 Å².